The second-order valence-electron chi connectivity index (χ2n) is 7.00. The highest BCUT2D eigenvalue weighted by Gasteiger charge is 2.23. The Kier molecular flexibility index (Phi) is 4.72. The van der Waals surface area contributed by atoms with Gasteiger partial charge in [0.15, 0.2) is 0 Å². The number of fused-ring (bicyclic) bond motifs is 1. The molecule has 2 atom stereocenters. The van der Waals surface area contributed by atoms with Crippen LogP contribution in [0.2, 0.25) is 0 Å². The van der Waals surface area contributed by atoms with E-state index in [2.05, 4.69) is 25.6 Å². The van der Waals surface area contributed by atoms with Crippen LogP contribution in [0.5, 0.6) is 0 Å². The first-order valence-electron chi connectivity index (χ1n) is 9.21. The Morgan fingerprint density at radius 2 is 2.07 bits per heavy atom. The van der Waals surface area contributed by atoms with Crippen LogP contribution in [-0.2, 0) is 6.42 Å². The zero-order chi connectivity index (χ0) is 18.8. The van der Waals surface area contributed by atoms with E-state index in [0.717, 1.165) is 49.0 Å². The van der Waals surface area contributed by atoms with Crippen molar-refractivity contribution in [3.8, 4) is 0 Å². The maximum Gasteiger partial charge on any atom is 0.254 e. The maximum atomic E-state index is 11.8. The first-order chi connectivity index (χ1) is 13.1. The summed E-state index contributed by atoms with van der Waals surface area (Å²) >= 11 is 0. The summed E-state index contributed by atoms with van der Waals surface area (Å²) in [7, 11) is 0. The number of carbonyl (C=O) groups is 1. The fourth-order valence-electron chi connectivity index (χ4n) is 3.56. The number of hydrogen-bond donors (Lipinski definition) is 4. The van der Waals surface area contributed by atoms with Gasteiger partial charge in [0.2, 0.25) is 5.95 Å². The lowest BCUT2D eigenvalue weighted by Gasteiger charge is -2.29. The summed E-state index contributed by atoms with van der Waals surface area (Å²) in [4.78, 5) is 24.8. The van der Waals surface area contributed by atoms with E-state index < -0.39 is 5.91 Å². The summed E-state index contributed by atoms with van der Waals surface area (Å²) in [5, 5.41) is 6.50. The van der Waals surface area contributed by atoms with Gasteiger partial charge >= 0.3 is 0 Å². The fraction of sp³-hybridized carbons (Fsp3) is 0.368. The lowest BCUT2D eigenvalue weighted by molar-refractivity contribution is 0.100. The van der Waals surface area contributed by atoms with E-state index in [9.17, 15) is 4.79 Å². The van der Waals surface area contributed by atoms with E-state index in [0.29, 0.717) is 11.8 Å². The van der Waals surface area contributed by atoms with Gasteiger partial charge in [0, 0.05) is 36.6 Å². The van der Waals surface area contributed by atoms with Crippen molar-refractivity contribution in [2.24, 2.45) is 16.5 Å². The van der Waals surface area contributed by atoms with E-state index in [1.807, 2.05) is 24.4 Å². The second-order valence-corrected chi connectivity index (χ2v) is 7.00. The van der Waals surface area contributed by atoms with Crippen LogP contribution in [0.25, 0.3) is 0 Å². The molecule has 140 valence electrons. The summed E-state index contributed by atoms with van der Waals surface area (Å²) in [5.41, 5.74) is 14.8. The molecule has 1 aromatic heterocycles. The monoisotopic (exact) mass is 365 g/mol. The number of aromatic nitrogens is 2. The number of nitrogens with one attached hydrogen (secondary N) is 2. The highest BCUT2D eigenvalue weighted by molar-refractivity contribution is 5.98. The van der Waals surface area contributed by atoms with Crippen molar-refractivity contribution in [1.82, 2.24) is 9.97 Å². The smallest absolute Gasteiger partial charge is 0.254 e. The first-order valence-corrected chi connectivity index (χ1v) is 9.21. The molecule has 1 aliphatic carbocycles. The van der Waals surface area contributed by atoms with Crippen LogP contribution in [0.1, 0.15) is 41.6 Å². The van der Waals surface area contributed by atoms with Gasteiger partial charge < -0.3 is 22.1 Å². The van der Waals surface area contributed by atoms with Gasteiger partial charge in [0.05, 0.1) is 5.69 Å². The Labute approximate surface area is 157 Å². The standard InChI is InChI=1S/C19H23N7O/c20-14-3-1-2-4-16(14)25-19-23-10-13(17(21)27)18(26-19)24-12-5-6-15-11(9-12)7-8-22-15/h5-6,8-10,14,16H,1-4,7,20H2,(H2,21,27)(H2,23,24,25,26)/t14-,16+/m0/s1. The van der Waals surface area contributed by atoms with Crippen LogP contribution in [0, 0.1) is 0 Å². The molecule has 0 saturated heterocycles. The van der Waals surface area contributed by atoms with Gasteiger partial charge in [-0.25, -0.2) is 4.98 Å². The number of anilines is 3. The average Bonchev–Trinajstić information content (AvgIpc) is 3.11. The first kappa shape index (κ1) is 17.4. The predicted octanol–water partition coefficient (Wildman–Crippen LogP) is 2.26. The molecule has 2 aliphatic rings. The molecule has 0 unspecified atom stereocenters. The topological polar surface area (TPSA) is 131 Å². The van der Waals surface area contributed by atoms with Crippen molar-refractivity contribution >= 4 is 35.3 Å². The van der Waals surface area contributed by atoms with E-state index in [1.165, 1.54) is 6.20 Å². The van der Waals surface area contributed by atoms with Crippen LogP contribution in [0.4, 0.5) is 23.1 Å². The fourth-order valence-corrected chi connectivity index (χ4v) is 3.56. The predicted molar refractivity (Wildman–Crippen MR) is 106 cm³/mol. The Hall–Kier alpha value is -3.00. The van der Waals surface area contributed by atoms with Gasteiger partial charge in [-0.1, -0.05) is 12.8 Å². The summed E-state index contributed by atoms with van der Waals surface area (Å²) in [6.45, 7) is 0. The van der Waals surface area contributed by atoms with E-state index in [1.54, 1.807) is 0 Å². The molecule has 1 fully saturated rings. The third-order valence-electron chi connectivity index (χ3n) is 5.07. The number of aliphatic imine (C=N–C) groups is 1. The third-order valence-corrected chi connectivity index (χ3v) is 5.07. The molecular weight excluding hydrogens is 342 g/mol. The van der Waals surface area contributed by atoms with Crippen LogP contribution in [0.3, 0.4) is 0 Å². The largest absolute Gasteiger partial charge is 0.365 e. The summed E-state index contributed by atoms with van der Waals surface area (Å²) in [5.74, 6) is 0.237. The van der Waals surface area contributed by atoms with E-state index in [-0.39, 0.29) is 17.6 Å². The summed E-state index contributed by atoms with van der Waals surface area (Å²) in [6.07, 6.45) is 8.37. The Balaban J connectivity index is 1.58. The molecule has 1 aliphatic heterocycles. The minimum absolute atomic E-state index is 0.0753. The zero-order valence-corrected chi connectivity index (χ0v) is 15.0. The van der Waals surface area contributed by atoms with Gasteiger partial charge in [-0.2, -0.15) is 4.98 Å². The molecular formula is C19H23N7O. The van der Waals surface area contributed by atoms with E-state index >= 15 is 0 Å². The quantitative estimate of drug-likeness (QED) is 0.643. The lowest BCUT2D eigenvalue weighted by atomic mass is 9.91. The molecule has 8 heteroatoms. The molecule has 0 spiro atoms. The second kappa shape index (κ2) is 7.32. The molecule has 2 aromatic rings. The number of benzene rings is 1. The molecule has 1 saturated carbocycles. The van der Waals surface area contributed by atoms with Crippen LogP contribution < -0.4 is 22.1 Å². The molecule has 1 aromatic carbocycles. The van der Waals surface area contributed by atoms with Crippen molar-refractivity contribution < 1.29 is 4.79 Å². The van der Waals surface area contributed by atoms with Crippen molar-refractivity contribution in [3.63, 3.8) is 0 Å². The highest BCUT2D eigenvalue weighted by atomic mass is 16.1. The Morgan fingerprint density at radius 3 is 2.89 bits per heavy atom. The molecule has 0 radical (unpaired) electrons. The van der Waals surface area contributed by atoms with Crippen LogP contribution in [-0.4, -0.2) is 34.2 Å². The van der Waals surface area contributed by atoms with Crippen LogP contribution in [0.15, 0.2) is 29.4 Å². The van der Waals surface area contributed by atoms with Gasteiger partial charge in [-0.3, -0.25) is 9.79 Å². The van der Waals surface area contributed by atoms with Gasteiger partial charge in [0.1, 0.15) is 11.4 Å². The number of rotatable bonds is 5. The molecule has 1 amide bonds. The lowest BCUT2D eigenvalue weighted by Crippen LogP contribution is -2.43. The van der Waals surface area contributed by atoms with E-state index in [4.69, 9.17) is 11.5 Å². The van der Waals surface area contributed by atoms with Gasteiger partial charge in [-0.15, -0.1) is 0 Å². The van der Waals surface area contributed by atoms with Crippen molar-refractivity contribution in [1.29, 1.82) is 0 Å². The number of hydrogen-bond acceptors (Lipinski definition) is 7. The van der Waals surface area contributed by atoms with Crippen molar-refractivity contribution in [2.75, 3.05) is 10.6 Å². The molecule has 4 rings (SSSR count). The van der Waals surface area contributed by atoms with Gasteiger partial charge in [-0.05, 0) is 36.6 Å². The Bertz CT molecular complexity index is 896. The highest BCUT2D eigenvalue weighted by Crippen LogP contribution is 2.29. The Morgan fingerprint density at radius 1 is 1.22 bits per heavy atom. The van der Waals surface area contributed by atoms with Gasteiger partial charge in [0.25, 0.3) is 5.91 Å². The number of nitrogens with zero attached hydrogens (tertiary/aromatic N) is 3. The zero-order valence-electron chi connectivity index (χ0n) is 15.0. The molecule has 6 N–H and O–H groups in total. The minimum atomic E-state index is -0.581. The number of primary amides is 1. The third kappa shape index (κ3) is 3.75. The normalized spacial score (nSPS) is 20.9. The van der Waals surface area contributed by atoms with Crippen molar-refractivity contribution in [2.45, 2.75) is 44.2 Å². The van der Waals surface area contributed by atoms with Crippen molar-refractivity contribution in [3.05, 3.63) is 35.5 Å². The SMILES string of the molecule is NC(=O)c1cnc(N[C@@H]2CCCC[C@@H]2N)nc1Nc1ccc2c(c1)CC=N2. The van der Waals surface area contributed by atoms with Crippen LogP contribution >= 0.6 is 0 Å². The molecule has 8 nitrogen and oxygen atoms in total. The molecule has 2 heterocycles. The molecule has 27 heavy (non-hydrogen) atoms. The minimum Gasteiger partial charge on any atom is -0.365 e. The molecule has 0 bridgehead atoms. The number of nitrogens with two attached hydrogens (primary N) is 2. The summed E-state index contributed by atoms with van der Waals surface area (Å²) < 4.78 is 0. The number of carbonyl (C=O) groups excluding carboxylic acids is 1. The average molecular weight is 365 g/mol. The number of amides is 1. The maximum absolute atomic E-state index is 11.8. The summed E-state index contributed by atoms with van der Waals surface area (Å²) in [6, 6.07) is 6.04.